The third kappa shape index (κ3) is 7.13. The van der Waals surface area contributed by atoms with Gasteiger partial charge in [0, 0.05) is 5.69 Å². The number of rotatable bonds is 8. The molecule has 0 saturated carbocycles. The molecule has 2 rings (SSSR count). The molecule has 2 aromatic rings. The Hall–Kier alpha value is -2.82. The van der Waals surface area contributed by atoms with Crippen LogP contribution in [-0.2, 0) is 4.74 Å². The van der Waals surface area contributed by atoms with E-state index in [4.69, 9.17) is 9.47 Å². The van der Waals surface area contributed by atoms with E-state index in [0.717, 1.165) is 35.8 Å². The van der Waals surface area contributed by atoms with Crippen LogP contribution in [0, 0.1) is 0 Å². The van der Waals surface area contributed by atoms with Crippen molar-refractivity contribution < 1.29 is 14.3 Å². The van der Waals surface area contributed by atoms with E-state index in [2.05, 4.69) is 17.2 Å². The summed E-state index contributed by atoms with van der Waals surface area (Å²) in [5.41, 5.74) is 2.24. The summed E-state index contributed by atoms with van der Waals surface area (Å²) in [6, 6.07) is 14.8. The Morgan fingerprint density at radius 3 is 2.33 bits per heavy atom. The maximum absolute atomic E-state index is 11.9. The molecule has 0 aliphatic carbocycles. The Balaban J connectivity index is 1.94. The Morgan fingerprint density at radius 1 is 1.07 bits per heavy atom. The Bertz CT molecular complexity index is 750. The van der Waals surface area contributed by atoms with Gasteiger partial charge in [0.1, 0.15) is 11.6 Å². The molecule has 0 atom stereocenters. The fourth-order valence-corrected chi connectivity index (χ4v) is 2.38. The van der Waals surface area contributed by atoms with Crippen molar-refractivity contribution in [2.45, 2.75) is 46.6 Å². The lowest BCUT2D eigenvalue weighted by Gasteiger charge is -2.11. The molecule has 144 valence electrons. The SMILES string of the molecule is CCCCOC(=O)c1ccc(N=C(C)Nc2ccc(OC(C)C)cc2)cc1. The van der Waals surface area contributed by atoms with Crippen molar-refractivity contribution in [3.8, 4) is 5.75 Å². The van der Waals surface area contributed by atoms with Crippen LogP contribution in [0.2, 0.25) is 0 Å². The Kier molecular flexibility index (Phi) is 7.86. The molecule has 1 N–H and O–H groups in total. The van der Waals surface area contributed by atoms with Gasteiger partial charge >= 0.3 is 5.97 Å². The first-order valence-electron chi connectivity index (χ1n) is 9.34. The number of nitrogens with zero attached hydrogens (tertiary/aromatic N) is 1. The number of unbranched alkanes of at least 4 members (excludes halogenated alkanes) is 1. The van der Waals surface area contributed by atoms with Crippen molar-refractivity contribution in [1.29, 1.82) is 0 Å². The summed E-state index contributed by atoms with van der Waals surface area (Å²) in [6.45, 7) is 8.41. The molecule has 0 heterocycles. The normalized spacial score (nSPS) is 11.4. The van der Waals surface area contributed by atoms with Gasteiger partial charge in [-0.25, -0.2) is 9.79 Å². The molecule has 0 aliphatic rings. The number of esters is 1. The van der Waals surface area contributed by atoms with E-state index in [9.17, 15) is 4.79 Å². The minimum Gasteiger partial charge on any atom is -0.491 e. The van der Waals surface area contributed by atoms with E-state index in [1.165, 1.54) is 0 Å². The van der Waals surface area contributed by atoms with Crippen molar-refractivity contribution in [1.82, 2.24) is 0 Å². The average molecular weight is 368 g/mol. The first-order valence-corrected chi connectivity index (χ1v) is 9.34. The zero-order valence-electron chi connectivity index (χ0n) is 16.5. The van der Waals surface area contributed by atoms with Crippen LogP contribution in [0.25, 0.3) is 0 Å². The molecule has 0 aliphatic heterocycles. The molecular formula is C22H28N2O3. The topological polar surface area (TPSA) is 59.9 Å². The number of nitrogens with one attached hydrogen (secondary N) is 1. The third-order valence-electron chi connectivity index (χ3n) is 3.68. The van der Waals surface area contributed by atoms with E-state index >= 15 is 0 Å². The Labute approximate surface area is 161 Å². The molecule has 0 saturated heterocycles. The summed E-state index contributed by atoms with van der Waals surface area (Å²) >= 11 is 0. The minimum absolute atomic E-state index is 0.152. The van der Waals surface area contributed by atoms with Crippen LogP contribution < -0.4 is 10.1 Å². The highest BCUT2D eigenvalue weighted by molar-refractivity contribution is 5.95. The third-order valence-corrected chi connectivity index (χ3v) is 3.68. The van der Waals surface area contributed by atoms with Gasteiger partial charge in [-0.1, -0.05) is 13.3 Å². The summed E-state index contributed by atoms with van der Waals surface area (Å²) in [7, 11) is 0. The van der Waals surface area contributed by atoms with Gasteiger partial charge in [0.25, 0.3) is 0 Å². The molecule has 0 fully saturated rings. The van der Waals surface area contributed by atoms with Crippen LogP contribution in [0.5, 0.6) is 5.75 Å². The van der Waals surface area contributed by atoms with Crippen LogP contribution in [0.4, 0.5) is 11.4 Å². The van der Waals surface area contributed by atoms with Gasteiger partial charge < -0.3 is 14.8 Å². The highest BCUT2D eigenvalue weighted by Gasteiger charge is 2.06. The van der Waals surface area contributed by atoms with E-state index in [-0.39, 0.29) is 12.1 Å². The second-order valence-electron chi connectivity index (χ2n) is 6.55. The number of ether oxygens (including phenoxy) is 2. The maximum Gasteiger partial charge on any atom is 0.338 e. The Morgan fingerprint density at radius 2 is 1.74 bits per heavy atom. The van der Waals surface area contributed by atoms with Gasteiger partial charge in [-0.2, -0.15) is 0 Å². The molecule has 5 heteroatoms. The van der Waals surface area contributed by atoms with Crippen LogP contribution in [0.15, 0.2) is 53.5 Å². The minimum atomic E-state index is -0.294. The quantitative estimate of drug-likeness (QED) is 0.285. The molecule has 0 spiro atoms. The summed E-state index contributed by atoms with van der Waals surface area (Å²) in [6.07, 6.45) is 2.03. The van der Waals surface area contributed by atoms with Gasteiger partial charge in [0.05, 0.1) is 24.0 Å². The van der Waals surface area contributed by atoms with Crippen LogP contribution in [0.3, 0.4) is 0 Å². The van der Waals surface area contributed by atoms with Crippen molar-refractivity contribution in [2.24, 2.45) is 4.99 Å². The van der Waals surface area contributed by atoms with Gasteiger partial charge in [-0.05, 0) is 75.7 Å². The average Bonchev–Trinajstić information content (AvgIpc) is 2.63. The summed E-state index contributed by atoms with van der Waals surface area (Å²) in [5, 5.41) is 3.25. The zero-order chi connectivity index (χ0) is 19.6. The summed E-state index contributed by atoms with van der Waals surface area (Å²) < 4.78 is 10.8. The molecule has 27 heavy (non-hydrogen) atoms. The molecular weight excluding hydrogens is 340 g/mol. The number of carbonyl (C=O) groups is 1. The number of hydrogen-bond acceptors (Lipinski definition) is 4. The number of benzene rings is 2. The number of amidine groups is 1. The molecule has 0 aromatic heterocycles. The molecule has 0 unspecified atom stereocenters. The fourth-order valence-electron chi connectivity index (χ4n) is 2.38. The molecule has 5 nitrogen and oxygen atoms in total. The van der Waals surface area contributed by atoms with Crippen molar-refractivity contribution in [2.75, 3.05) is 11.9 Å². The number of hydrogen-bond donors (Lipinski definition) is 1. The summed E-state index contributed by atoms with van der Waals surface area (Å²) in [4.78, 5) is 16.4. The first kappa shape index (κ1) is 20.5. The van der Waals surface area contributed by atoms with Gasteiger partial charge in [0.15, 0.2) is 0 Å². The standard InChI is InChI=1S/C22H28N2O3/c1-5-6-15-26-22(25)18-7-9-19(10-8-18)23-17(4)24-20-11-13-21(14-12-20)27-16(2)3/h7-14,16H,5-6,15H2,1-4H3,(H,23,24). The monoisotopic (exact) mass is 368 g/mol. The zero-order valence-corrected chi connectivity index (χ0v) is 16.5. The number of carbonyl (C=O) groups excluding carboxylic acids is 1. The lowest BCUT2D eigenvalue weighted by Crippen LogP contribution is -2.08. The van der Waals surface area contributed by atoms with E-state index < -0.39 is 0 Å². The van der Waals surface area contributed by atoms with Crippen molar-refractivity contribution in [3.05, 3.63) is 54.1 Å². The second-order valence-corrected chi connectivity index (χ2v) is 6.55. The highest BCUT2D eigenvalue weighted by Crippen LogP contribution is 2.18. The van der Waals surface area contributed by atoms with Gasteiger partial charge in [-0.3, -0.25) is 0 Å². The van der Waals surface area contributed by atoms with E-state index in [0.29, 0.717) is 12.2 Å². The predicted octanol–water partition coefficient (Wildman–Crippen LogP) is 5.59. The molecule has 0 bridgehead atoms. The summed E-state index contributed by atoms with van der Waals surface area (Å²) in [5.74, 6) is 1.30. The number of anilines is 1. The fraction of sp³-hybridized carbons (Fsp3) is 0.364. The van der Waals surface area contributed by atoms with E-state index in [1.807, 2.05) is 45.0 Å². The van der Waals surface area contributed by atoms with Crippen LogP contribution in [0.1, 0.15) is 50.9 Å². The van der Waals surface area contributed by atoms with Crippen LogP contribution in [-0.4, -0.2) is 24.5 Å². The molecule has 0 radical (unpaired) electrons. The lowest BCUT2D eigenvalue weighted by atomic mass is 10.2. The van der Waals surface area contributed by atoms with Crippen molar-refractivity contribution in [3.63, 3.8) is 0 Å². The van der Waals surface area contributed by atoms with Crippen molar-refractivity contribution >= 4 is 23.2 Å². The van der Waals surface area contributed by atoms with Gasteiger partial charge in [0.2, 0.25) is 0 Å². The predicted molar refractivity (Wildman–Crippen MR) is 110 cm³/mol. The molecule has 2 aromatic carbocycles. The smallest absolute Gasteiger partial charge is 0.338 e. The largest absolute Gasteiger partial charge is 0.491 e. The lowest BCUT2D eigenvalue weighted by molar-refractivity contribution is 0.0500. The first-order chi connectivity index (χ1) is 13.0. The van der Waals surface area contributed by atoms with Gasteiger partial charge in [-0.15, -0.1) is 0 Å². The highest BCUT2D eigenvalue weighted by atomic mass is 16.5. The molecule has 0 amide bonds. The number of aliphatic imine (C=N–C) groups is 1. The van der Waals surface area contributed by atoms with Crippen LogP contribution >= 0.6 is 0 Å². The van der Waals surface area contributed by atoms with E-state index in [1.54, 1.807) is 24.3 Å². The second kappa shape index (κ2) is 10.4. The maximum atomic E-state index is 11.9.